The summed E-state index contributed by atoms with van der Waals surface area (Å²) in [5.74, 6) is 1.47. The van der Waals surface area contributed by atoms with Gasteiger partial charge in [-0.15, -0.1) is 11.6 Å². The number of halogens is 2. The van der Waals surface area contributed by atoms with Gasteiger partial charge in [-0.3, -0.25) is 0 Å². The fraction of sp³-hybridized carbons (Fsp3) is 0.455. The topological polar surface area (TPSA) is 21.3 Å². The maximum absolute atomic E-state index is 6.07. The second-order valence-corrected chi connectivity index (χ2v) is 3.96. The molecule has 0 unspecified atom stereocenters. The lowest BCUT2D eigenvalue weighted by molar-refractivity contribution is 0.414. The first-order valence-corrected chi connectivity index (χ1v) is 5.78. The molecule has 0 amide bonds. The molecule has 0 aliphatic rings. The van der Waals surface area contributed by atoms with Crippen LogP contribution in [-0.2, 0) is 6.54 Å². The van der Waals surface area contributed by atoms with Crippen molar-refractivity contribution < 1.29 is 4.74 Å². The van der Waals surface area contributed by atoms with Gasteiger partial charge in [0.1, 0.15) is 5.75 Å². The summed E-state index contributed by atoms with van der Waals surface area (Å²) in [5.41, 5.74) is 1.08. The Kier molecular flexibility index (Phi) is 5.84. The van der Waals surface area contributed by atoms with E-state index in [1.165, 1.54) is 0 Å². The van der Waals surface area contributed by atoms with Crippen molar-refractivity contribution in [3.63, 3.8) is 0 Å². The minimum Gasteiger partial charge on any atom is -0.497 e. The molecule has 15 heavy (non-hydrogen) atoms. The summed E-state index contributed by atoms with van der Waals surface area (Å²) in [6.45, 7) is 1.67. The molecule has 0 atom stereocenters. The third-order valence-electron chi connectivity index (χ3n) is 2.06. The monoisotopic (exact) mass is 247 g/mol. The molecule has 0 spiro atoms. The number of nitrogens with one attached hydrogen (secondary N) is 1. The van der Waals surface area contributed by atoms with Crippen molar-refractivity contribution in [2.24, 2.45) is 0 Å². The van der Waals surface area contributed by atoms with Gasteiger partial charge in [0.25, 0.3) is 0 Å². The molecule has 4 heteroatoms. The van der Waals surface area contributed by atoms with Crippen LogP contribution in [0.4, 0.5) is 0 Å². The summed E-state index contributed by atoms with van der Waals surface area (Å²) in [7, 11) is 1.63. The Balaban J connectivity index is 2.47. The largest absolute Gasteiger partial charge is 0.497 e. The van der Waals surface area contributed by atoms with Gasteiger partial charge < -0.3 is 10.1 Å². The van der Waals surface area contributed by atoms with E-state index in [0.717, 1.165) is 35.8 Å². The first kappa shape index (κ1) is 12.6. The lowest BCUT2D eigenvalue weighted by Gasteiger charge is -2.07. The van der Waals surface area contributed by atoms with Gasteiger partial charge in [-0.1, -0.05) is 17.7 Å². The highest BCUT2D eigenvalue weighted by Gasteiger charge is 2.01. The molecule has 0 aliphatic carbocycles. The van der Waals surface area contributed by atoms with E-state index in [4.69, 9.17) is 27.9 Å². The van der Waals surface area contributed by atoms with Crippen LogP contribution in [0.1, 0.15) is 12.0 Å². The van der Waals surface area contributed by atoms with E-state index in [2.05, 4.69) is 5.32 Å². The van der Waals surface area contributed by atoms with Crippen molar-refractivity contribution >= 4 is 23.2 Å². The smallest absolute Gasteiger partial charge is 0.120 e. The zero-order valence-electron chi connectivity index (χ0n) is 8.72. The standard InChI is InChI=1S/C11H15Cl2NO/c1-15-10-4-3-9(11(13)7-10)8-14-6-2-5-12/h3-4,7,14H,2,5-6,8H2,1H3. The molecule has 1 N–H and O–H groups in total. The van der Waals surface area contributed by atoms with Gasteiger partial charge in [0.05, 0.1) is 7.11 Å². The van der Waals surface area contributed by atoms with Crippen molar-refractivity contribution in [2.45, 2.75) is 13.0 Å². The molecule has 1 aromatic carbocycles. The molecule has 1 rings (SSSR count). The molecule has 0 heterocycles. The first-order valence-electron chi connectivity index (χ1n) is 4.87. The van der Waals surface area contributed by atoms with Crippen LogP contribution in [0.3, 0.4) is 0 Å². The summed E-state index contributed by atoms with van der Waals surface area (Å²) in [6, 6.07) is 5.69. The maximum Gasteiger partial charge on any atom is 0.120 e. The minimum atomic E-state index is 0.684. The SMILES string of the molecule is COc1ccc(CNCCCCl)c(Cl)c1. The molecule has 0 saturated heterocycles. The number of benzene rings is 1. The Labute approximate surface area is 101 Å². The lowest BCUT2D eigenvalue weighted by atomic mass is 10.2. The predicted molar refractivity (Wildman–Crippen MR) is 65.0 cm³/mol. The lowest BCUT2D eigenvalue weighted by Crippen LogP contribution is -2.15. The van der Waals surface area contributed by atoms with Crippen LogP contribution in [0, 0.1) is 0 Å². The van der Waals surface area contributed by atoms with E-state index >= 15 is 0 Å². The Morgan fingerprint density at radius 2 is 2.20 bits per heavy atom. The maximum atomic E-state index is 6.07. The molecule has 0 bridgehead atoms. The van der Waals surface area contributed by atoms with Gasteiger partial charge in [-0.25, -0.2) is 0 Å². The summed E-state index contributed by atoms with van der Waals surface area (Å²) in [4.78, 5) is 0. The third-order valence-corrected chi connectivity index (χ3v) is 2.68. The van der Waals surface area contributed by atoms with Crippen LogP contribution in [0.5, 0.6) is 5.75 Å². The van der Waals surface area contributed by atoms with Gasteiger partial charge in [-0.2, -0.15) is 0 Å². The molecular formula is C11H15Cl2NO. The molecule has 2 nitrogen and oxygen atoms in total. The number of ether oxygens (including phenoxy) is 1. The zero-order valence-corrected chi connectivity index (χ0v) is 10.2. The van der Waals surface area contributed by atoms with E-state index in [0.29, 0.717) is 5.88 Å². The highest BCUT2D eigenvalue weighted by Crippen LogP contribution is 2.21. The number of methoxy groups -OCH3 is 1. The fourth-order valence-corrected chi connectivity index (χ4v) is 1.58. The van der Waals surface area contributed by atoms with Gasteiger partial charge >= 0.3 is 0 Å². The number of alkyl halides is 1. The molecule has 0 radical (unpaired) electrons. The van der Waals surface area contributed by atoms with Crippen LogP contribution in [-0.4, -0.2) is 19.5 Å². The van der Waals surface area contributed by atoms with E-state index < -0.39 is 0 Å². The molecule has 0 aromatic heterocycles. The van der Waals surface area contributed by atoms with Gasteiger partial charge in [0, 0.05) is 17.4 Å². The quantitative estimate of drug-likeness (QED) is 0.617. The summed E-state index contributed by atoms with van der Waals surface area (Å²) in [6.07, 6.45) is 0.968. The highest BCUT2D eigenvalue weighted by molar-refractivity contribution is 6.31. The molecule has 0 saturated carbocycles. The van der Waals surface area contributed by atoms with Gasteiger partial charge in [-0.05, 0) is 30.7 Å². The second kappa shape index (κ2) is 6.94. The molecular weight excluding hydrogens is 233 g/mol. The molecule has 0 aliphatic heterocycles. The summed E-state index contributed by atoms with van der Waals surface area (Å²) >= 11 is 11.6. The van der Waals surface area contributed by atoms with Crippen molar-refractivity contribution in [1.29, 1.82) is 0 Å². The van der Waals surface area contributed by atoms with Crippen molar-refractivity contribution in [2.75, 3.05) is 19.5 Å². The van der Waals surface area contributed by atoms with Crippen LogP contribution >= 0.6 is 23.2 Å². The van der Waals surface area contributed by atoms with Crippen LogP contribution < -0.4 is 10.1 Å². The van der Waals surface area contributed by atoms with E-state index in [1.807, 2.05) is 18.2 Å². The Hall–Kier alpha value is -0.440. The van der Waals surface area contributed by atoms with Crippen molar-refractivity contribution in [1.82, 2.24) is 5.32 Å². The fourth-order valence-electron chi connectivity index (χ4n) is 1.21. The Bertz CT molecular complexity index is 305. The third kappa shape index (κ3) is 4.29. The van der Waals surface area contributed by atoms with E-state index in [-0.39, 0.29) is 0 Å². The summed E-state index contributed by atoms with van der Waals surface area (Å²) in [5, 5.41) is 4.00. The van der Waals surface area contributed by atoms with Gasteiger partial charge in [0.15, 0.2) is 0 Å². The van der Waals surface area contributed by atoms with Crippen LogP contribution in [0.15, 0.2) is 18.2 Å². The van der Waals surface area contributed by atoms with Crippen molar-refractivity contribution in [3.05, 3.63) is 28.8 Å². The van der Waals surface area contributed by atoms with Gasteiger partial charge in [0.2, 0.25) is 0 Å². The minimum absolute atomic E-state index is 0.684. The second-order valence-electron chi connectivity index (χ2n) is 3.18. The number of hydrogen-bond donors (Lipinski definition) is 1. The number of rotatable bonds is 6. The van der Waals surface area contributed by atoms with Crippen LogP contribution in [0.25, 0.3) is 0 Å². The Morgan fingerprint density at radius 1 is 1.40 bits per heavy atom. The normalized spacial score (nSPS) is 10.3. The number of hydrogen-bond acceptors (Lipinski definition) is 2. The molecule has 0 fully saturated rings. The Morgan fingerprint density at radius 3 is 2.80 bits per heavy atom. The molecule has 1 aromatic rings. The zero-order chi connectivity index (χ0) is 11.1. The highest BCUT2D eigenvalue weighted by atomic mass is 35.5. The predicted octanol–water partition coefficient (Wildman–Crippen LogP) is 3.07. The molecule has 84 valence electrons. The van der Waals surface area contributed by atoms with Crippen LogP contribution in [0.2, 0.25) is 5.02 Å². The average molecular weight is 248 g/mol. The van der Waals surface area contributed by atoms with Crippen molar-refractivity contribution in [3.8, 4) is 5.75 Å². The summed E-state index contributed by atoms with van der Waals surface area (Å²) < 4.78 is 5.07. The average Bonchev–Trinajstić information content (AvgIpc) is 2.26. The first-order chi connectivity index (χ1) is 7.27. The van der Waals surface area contributed by atoms with E-state index in [9.17, 15) is 0 Å². The van der Waals surface area contributed by atoms with E-state index in [1.54, 1.807) is 7.11 Å².